The van der Waals surface area contributed by atoms with E-state index in [-0.39, 0.29) is 30.1 Å². The lowest BCUT2D eigenvalue weighted by Gasteiger charge is -2.33. The fourth-order valence-electron chi connectivity index (χ4n) is 2.36. The van der Waals surface area contributed by atoms with Crippen LogP contribution in [0.5, 0.6) is 0 Å². The molecule has 0 spiro atoms. The summed E-state index contributed by atoms with van der Waals surface area (Å²) in [6.45, 7) is 6.88. The number of hydrogen-bond acceptors (Lipinski definition) is 4. The van der Waals surface area contributed by atoms with Gasteiger partial charge in [-0.1, -0.05) is 32.9 Å². The number of ether oxygens (including phenoxy) is 1. The maximum absolute atomic E-state index is 12.7. The van der Waals surface area contributed by atoms with Gasteiger partial charge in [-0.3, -0.25) is 0 Å². The lowest BCUT2D eigenvalue weighted by atomic mass is 9.87. The fourth-order valence-corrected chi connectivity index (χ4v) is 3.95. The Bertz CT molecular complexity index is 575. The second-order valence-electron chi connectivity index (χ2n) is 6.30. The molecular weight excluding hydrogens is 290 g/mol. The van der Waals surface area contributed by atoms with E-state index in [0.29, 0.717) is 6.61 Å². The minimum absolute atomic E-state index is 0.0190. The topological polar surface area (TPSA) is 66.8 Å². The molecule has 0 saturated carbocycles. The van der Waals surface area contributed by atoms with Crippen molar-refractivity contribution in [1.29, 1.82) is 0 Å². The molecule has 1 aromatic carbocycles. The smallest absolute Gasteiger partial charge is 0.243 e. The highest BCUT2D eigenvalue weighted by atomic mass is 32.2. The average molecular weight is 313 g/mol. The van der Waals surface area contributed by atoms with Crippen molar-refractivity contribution in [1.82, 2.24) is 4.31 Å². The van der Waals surface area contributed by atoms with Crippen molar-refractivity contribution in [3.63, 3.8) is 0 Å². The van der Waals surface area contributed by atoms with Crippen LogP contribution < -0.4 is 0 Å². The highest BCUT2D eigenvalue weighted by Gasteiger charge is 2.33. The van der Waals surface area contributed by atoms with E-state index in [0.717, 1.165) is 5.56 Å². The minimum atomic E-state index is -3.59. The third-order valence-corrected chi connectivity index (χ3v) is 5.68. The third-order valence-electron chi connectivity index (χ3n) is 3.71. The van der Waals surface area contributed by atoms with Crippen LogP contribution in [0.4, 0.5) is 0 Å². The molecule has 6 heteroatoms. The van der Waals surface area contributed by atoms with Gasteiger partial charge in [0.25, 0.3) is 0 Å². The molecule has 1 fully saturated rings. The molecule has 1 atom stereocenters. The van der Waals surface area contributed by atoms with E-state index in [4.69, 9.17) is 4.74 Å². The Kier molecular flexibility index (Phi) is 4.72. The van der Waals surface area contributed by atoms with Gasteiger partial charge in [0.2, 0.25) is 10.0 Å². The molecule has 21 heavy (non-hydrogen) atoms. The van der Waals surface area contributed by atoms with Crippen LogP contribution in [0.25, 0.3) is 0 Å². The molecule has 1 heterocycles. The van der Waals surface area contributed by atoms with Gasteiger partial charge in [0.05, 0.1) is 30.8 Å². The van der Waals surface area contributed by atoms with Gasteiger partial charge >= 0.3 is 0 Å². The molecule has 5 nitrogen and oxygen atoms in total. The predicted molar refractivity (Wildman–Crippen MR) is 80.7 cm³/mol. The van der Waals surface area contributed by atoms with Crippen molar-refractivity contribution in [2.45, 2.75) is 37.1 Å². The largest absolute Gasteiger partial charge is 0.395 e. The standard InChI is InChI=1S/C15H23NO4S/c1-15(2,3)12-4-6-14(7-5-12)21(18,19)16-8-9-20-11-13(16)10-17/h4-7,13,17H,8-11H2,1-3H3/t13-/m0/s1. The van der Waals surface area contributed by atoms with Crippen LogP contribution in [0.1, 0.15) is 26.3 Å². The molecule has 0 unspecified atom stereocenters. The zero-order valence-electron chi connectivity index (χ0n) is 12.7. The normalized spacial score (nSPS) is 21.4. The zero-order valence-corrected chi connectivity index (χ0v) is 13.6. The lowest BCUT2D eigenvalue weighted by Crippen LogP contribution is -2.50. The number of aliphatic hydroxyl groups is 1. The van der Waals surface area contributed by atoms with Gasteiger partial charge in [-0.2, -0.15) is 4.31 Å². The summed E-state index contributed by atoms with van der Waals surface area (Å²) < 4.78 is 31.9. The van der Waals surface area contributed by atoms with E-state index in [9.17, 15) is 13.5 Å². The second kappa shape index (κ2) is 6.04. The van der Waals surface area contributed by atoms with Gasteiger partial charge in [0.1, 0.15) is 0 Å². The first-order chi connectivity index (χ1) is 9.76. The first-order valence-electron chi connectivity index (χ1n) is 7.08. The van der Waals surface area contributed by atoms with E-state index in [1.54, 1.807) is 12.1 Å². The van der Waals surface area contributed by atoms with Crippen LogP contribution in [0.3, 0.4) is 0 Å². The van der Waals surface area contributed by atoms with E-state index in [2.05, 4.69) is 20.8 Å². The number of hydrogen-bond donors (Lipinski definition) is 1. The highest BCUT2D eigenvalue weighted by molar-refractivity contribution is 7.89. The van der Waals surface area contributed by atoms with Crippen LogP contribution in [0.2, 0.25) is 0 Å². The van der Waals surface area contributed by atoms with Crippen molar-refractivity contribution in [3.05, 3.63) is 29.8 Å². The Labute approximate surface area is 126 Å². The van der Waals surface area contributed by atoms with E-state index < -0.39 is 16.1 Å². The molecule has 0 aromatic heterocycles. The first kappa shape index (κ1) is 16.4. The van der Waals surface area contributed by atoms with Crippen LogP contribution in [0.15, 0.2) is 29.2 Å². The summed E-state index contributed by atoms with van der Waals surface area (Å²) in [5.41, 5.74) is 1.07. The zero-order chi connectivity index (χ0) is 15.7. The minimum Gasteiger partial charge on any atom is -0.395 e. The first-order valence-corrected chi connectivity index (χ1v) is 8.52. The summed E-state index contributed by atoms with van der Waals surface area (Å²) in [6, 6.07) is 6.47. The monoisotopic (exact) mass is 313 g/mol. The number of rotatable bonds is 3. The number of morpholine rings is 1. The highest BCUT2D eigenvalue weighted by Crippen LogP contribution is 2.25. The molecule has 0 aliphatic carbocycles. The Morgan fingerprint density at radius 3 is 2.43 bits per heavy atom. The van der Waals surface area contributed by atoms with Crippen molar-refractivity contribution in [3.8, 4) is 0 Å². The van der Waals surface area contributed by atoms with Crippen LogP contribution in [-0.4, -0.2) is 50.2 Å². The summed E-state index contributed by atoms with van der Waals surface area (Å²) >= 11 is 0. The maximum Gasteiger partial charge on any atom is 0.243 e. The summed E-state index contributed by atoms with van der Waals surface area (Å²) in [7, 11) is -3.59. The Hall–Kier alpha value is -0.950. The Balaban J connectivity index is 2.31. The number of benzene rings is 1. The van der Waals surface area contributed by atoms with Crippen LogP contribution in [0, 0.1) is 0 Å². The lowest BCUT2D eigenvalue weighted by molar-refractivity contribution is 0.0109. The van der Waals surface area contributed by atoms with E-state index in [1.165, 1.54) is 4.31 Å². The van der Waals surface area contributed by atoms with Crippen molar-refractivity contribution < 1.29 is 18.3 Å². The molecular formula is C15H23NO4S. The van der Waals surface area contributed by atoms with E-state index >= 15 is 0 Å². The molecule has 1 aromatic rings. The number of aliphatic hydroxyl groups excluding tert-OH is 1. The molecule has 1 saturated heterocycles. The van der Waals surface area contributed by atoms with Gasteiger partial charge in [-0.15, -0.1) is 0 Å². The van der Waals surface area contributed by atoms with Gasteiger partial charge < -0.3 is 9.84 Å². The third kappa shape index (κ3) is 3.45. The summed E-state index contributed by atoms with van der Waals surface area (Å²) in [5.74, 6) is 0. The molecule has 2 rings (SSSR count). The van der Waals surface area contributed by atoms with Crippen molar-refractivity contribution in [2.75, 3.05) is 26.4 Å². The molecule has 118 valence electrons. The molecule has 1 aliphatic rings. The van der Waals surface area contributed by atoms with Crippen molar-refractivity contribution in [2.24, 2.45) is 0 Å². The second-order valence-corrected chi connectivity index (χ2v) is 8.19. The molecule has 0 amide bonds. The van der Waals surface area contributed by atoms with Gasteiger partial charge in [-0.25, -0.2) is 8.42 Å². The van der Waals surface area contributed by atoms with Crippen molar-refractivity contribution >= 4 is 10.0 Å². The van der Waals surface area contributed by atoms with Gasteiger partial charge in [-0.05, 0) is 23.1 Å². The quantitative estimate of drug-likeness (QED) is 0.915. The summed E-state index contributed by atoms with van der Waals surface area (Å²) in [5, 5.41) is 9.34. The van der Waals surface area contributed by atoms with Crippen LogP contribution >= 0.6 is 0 Å². The summed E-state index contributed by atoms with van der Waals surface area (Å²) in [4.78, 5) is 0.260. The molecule has 0 bridgehead atoms. The van der Waals surface area contributed by atoms with Gasteiger partial charge in [0, 0.05) is 6.54 Å². The maximum atomic E-state index is 12.7. The SMILES string of the molecule is CC(C)(C)c1ccc(S(=O)(=O)N2CCOC[C@@H]2CO)cc1. The fraction of sp³-hybridized carbons (Fsp3) is 0.600. The Morgan fingerprint density at radius 1 is 1.29 bits per heavy atom. The van der Waals surface area contributed by atoms with E-state index in [1.807, 2.05) is 12.1 Å². The number of sulfonamides is 1. The predicted octanol–water partition coefficient (Wildman–Crippen LogP) is 1.37. The number of nitrogens with zero attached hydrogens (tertiary/aromatic N) is 1. The molecule has 1 aliphatic heterocycles. The summed E-state index contributed by atoms with van der Waals surface area (Å²) in [6.07, 6.45) is 0. The van der Waals surface area contributed by atoms with Gasteiger partial charge in [0.15, 0.2) is 0 Å². The molecule has 1 N–H and O–H groups in total. The average Bonchev–Trinajstić information content (AvgIpc) is 2.46. The Morgan fingerprint density at radius 2 is 1.90 bits per heavy atom. The van der Waals surface area contributed by atoms with Crippen LogP contribution in [-0.2, 0) is 20.2 Å². The molecule has 0 radical (unpaired) electrons.